The van der Waals surface area contributed by atoms with Crippen LogP contribution in [0.1, 0.15) is 11.1 Å². The normalized spacial score (nSPS) is 14.9. The zero-order valence-corrected chi connectivity index (χ0v) is 10.0. The molecule has 80 valence electrons. The van der Waals surface area contributed by atoms with Gasteiger partial charge in [0.1, 0.15) is 5.84 Å². The Morgan fingerprint density at radius 1 is 1.40 bits per heavy atom. The van der Waals surface area contributed by atoms with Crippen LogP contribution in [0.25, 0.3) is 0 Å². The third-order valence-corrected chi connectivity index (χ3v) is 3.83. The standard InChI is InChI=1S/C12H16N2S/c1-9-4-3-5-11(10(9)2)15-8-12-13-6-7-14-12/h3-5H,6-8H2,1-2H3,(H,13,14). The van der Waals surface area contributed by atoms with E-state index in [1.54, 1.807) is 0 Å². The molecule has 1 aliphatic heterocycles. The van der Waals surface area contributed by atoms with Gasteiger partial charge in [0.25, 0.3) is 0 Å². The first-order valence-corrected chi connectivity index (χ1v) is 6.22. The lowest BCUT2D eigenvalue weighted by molar-refractivity contribution is 0.959. The highest BCUT2D eigenvalue weighted by atomic mass is 32.2. The minimum Gasteiger partial charge on any atom is -0.371 e. The Morgan fingerprint density at radius 3 is 3.00 bits per heavy atom. The van der Waals surface area contributed by atoms with Crippen molar-refractivity contribution in [3.05, 3.63) is 29.3 Å². The number of nitrogens with one attached hydrogen (secondary N) is 1. The number of thioether (sulfide) groups is 1. The number of aryl methyl sites for hydroxylation is 1. The molecular weight excluding hydrogens is 204 g/mol. The smallest absolute Gasteiger partial charge is 0.107 e. The molecule has 0 aromatic heterocycles. The molecule has 2 rings (SSSR count). The Balaban J connectivity index is 2.01. The maximum atomic E-state index is 4.39. The summed E-state index contributed by atoms with van der Waals surface area (Å²) in [6.07, 6.45) is 0. The largest absolute Gasteiger partial charge is 0.371 e. The molecule has 1 heterocycles. The van der Waals surface area contributed by atoms with E-state index >= 15 is 0 Å². The van der Waals surface area contributed by atoms with Gasteiger partial charge in [0.2, 0.25) is 0 Å². The summed E-state index contributed by atoms with van der Waals surface area (Å²) in [6, 6.07) is 6.46. The van der Waals surface area contributed by atoms with E-state index in [1.165, 1.54) is 16.0 Å². The zero-order chi connectivity index (χ0) is 10.7. The summed E-state index contributed by atoms with van der Waals surface area (Å²) in [5, 5.41) is 3.29. The number of hydrogen-bond donors (Lipinski definition) is 1. The maximum Gasteiger partial charge on any atom is 0.107 e. The molecule has 0 saturated carbocycles. The summed E-state index contributed by atoms with van der Waals surface area (Å²) in [4.78, 5) is 5.75. The van der Waals surface area contributed by atoms with E-state index in [2.05, 4.69) is 42.4 Å². The second-order valence-electron chi connectivity index (χ2n) is 3.74. The average molecular weight is 220 g/mol. The molecule has 1 aromatic rings. The van der Waals surface area contributed by atoms with E-state index in [-0.39, 0.29) is 0 Å². The zero-order valence-electron chi connectivity index (χ0n) is 9.21. The molecule has 3 heteroatoms. The summed E-state index contributed by atoms with van der Waals surface area (Å²) < 4.78 is 0. The van der Waals surface area contributed by atoms with Crippen molar-refractivity contribution in [1.29, 1.82) is 0 Å². The van der Waals surface area contributed by atoms with Gasteiger partial charge in [0.15, 0.2) is 0 Å². The van der Waals surface area contributed by atoms with Crippen molar-refractivity contribution in [3.63, 3.8) is 0 Å². The van der Waals surface area contributed by atoms with Gasteiger partial charge in [-0.25, -0.2) is 0 Å². The average Bonchev–Trinajstić information content (AvgIpc) is 2.73. The molecule has 1 N–H and O–H groups in total. The predicted molar refractivity (Wildman–Crippen MR) is 66.9 cm³/mol. The van der Waals surface area contributed by atoms with Crippen molar-refractivity contribution in [2.45, 2.75) is 18.7 Å². The van der Waals surface area contributed by atoms with E-state index < -0.39 is 0 Å². The third-order valence-electron chi connectivity index (χ3n) is 2.66. The molecule has 0 spiro atoms. The minimum atomic E-state index is 0.933. The van der Waals surface area contributed by atoms with Gasteiger partial charge in [-0.05, 0) is 31.0 Å². The Labute approximate surface area is 95.2 Å². The van der Waals surface area contributed by atoms with Crippen LogP contribution in [0.15, 0.2) is 28.1 Å². The predicted octanol–water partition coefficient (Wildman–Crippen LogP) is 2.40. The summed E-state index contributed by atoms with van der Waals surface area (Å²) in [6.45, 7) is 6.28. The van der Waals surface area contributed by atoms with Crippen LogP contribution >= 0.6 is 11.8 Å². The van der Waals surface area contributed by atoms with Crippen LogP contribution in [0.5, 0.6) is 0 Å². The van der Waals surface area contributed by atoms with Crippen molar-refractivity contribution < 1.29 is 0 Å². The topological polar surface area (TPSA) is 24.4 Å². The first kappa shape index (κ1) is 10.6. The second-order valence-corrected chi connectivity index (χ2v) is 4.76. The van der Waals surface area contributed by atoms with E-state index in [1.807, 2.05) is 11.8 Å². The van der Waals surface area contributed by atoms with Crippen LogP contribution in [-0.2, 0) is 0 Å². The van der Waals surface area contributed by atoms with E-state index in [9.17, 15) is 0 Å². The van der Waals surface area contributed by atoms with Crippen LogP contribution < -0.4 is 5.32 Å². The van der Waals surface area contributed by atoms with E-state index in [0.29, 0.717) is 0 Å². The first-order valence-electron chi connectivity index (χ1n) is 5.23. The number of nitrogens with zero attached hydrogens (tertiary/aromatic N) is 1. The third kappa shape index (κ3) is 2.53. The van der Waals surface area contributed by atoms with Gasteiger partial charge in [-0.15, -0.1) is 11.8 Å². The van der Waals surface area contributed by atoms with Crippen LogP contribution in [0.4, 0.5) is 0 Å². The lowest BCUT2D eigenvalue weighted by Gasteiger charge is -2.08. The second kappa shape index (κ2) is 4.71. The number of aliphatic imine (C=N–C) groups is 1. The molecule has 0 aliphatic carbocycles. The van der Waals surface area contributed by atoms with Crippen molar-refractivity contribution in [2.75, 3.05) is 18.8 Å². The van der Waals surface area contributed by atoms with Crippen LogP contribution in [-0.4, -0.2) is 24.7 Å². The van der Waals surface area contributed by atoms with E-state index in [4.69, 9.17) is 0 Å². The monoisotopic (exact) mass is 220 g/mol. The molecule has 0 amide bonds. The SMILES string of the molecule is Cc1cccc(SCC2=NCCN2)c1C. The van der Waals surface area contributed by atoms with Gasteiger partial charge in [0.05, 0.1) is 12.3 Å². The lowest BCUT2D eigenvalue weighted by Crippen LogP contribution is -2.20. The Morgan fingerprint density at radius 2 is 2.27 bits per heavy atom. The summed E-state index contributed by atoms with van der Waals surface area (Å²) in [5.74, 6) is 2.10. The summed E-state index contributed by atoms with van der Waals surface area (Å²) in [7, 11) is 0. The van der Waals surface area contributed by atoms with Gasteiger partial charge < -0.3 is 5.32 Å². The lowest BCUT2D eigenvalue weighted by atomic mass is 10.1. The molecule has 1 aliphatic rings. The number of amidine groups is 1. The molecule has 0 radical (unpaired) electrons. The summed E-state index contributed by atoms with van der Waals surface area (Å²) >= 11 is 1.87. The van der Waals surface area contributed by atoms with Crippen molar-refractivity contribution >= 4 is 17.6 Å². The highest BCUT2D eigenvalue weighted by Crippen LogP contribution is 2.24. The van der Waals surface area contributed by atoms with Crippen LogP contribution in [0.2, 0.25) is 0 Å². The maximum absolute atomic E-state index is 4.39. The molecule has 0 saturated heterocycles. The van der Waals surface area contributed by atoms with E-state index in [0.717, 1.165) is 24.7 Å². The molecule has 1 aromatic carbocycles. The highest BCUT2D eigenvalue weighted by molar-refractivity contribution is 8.00. The molecule has 0 bridgehead atoms. The Hall–Kier alpha value is -0.960. The van der Waals surface area contributed by atoms with Crippen LogP contribution in [0, 0.1) is 13.8 Å². The molecular formula is C12H16N2S. The fourth-order valence-corrected chi connectivity index (χ4v) is 2.61. The van der Waals surface area contributed by atoms with Crippen molar-refractivity contribution in [1.82, 2.24) is 5.32 Å². The number of benzene rings is 1. The highest BCUT2D eigenvalue weighted by Gasteiger charge is 2.07. The first-order chi connectivity index (χ1) is 7.27. The molecule has 15 heavy (non-hydrogen) atoms. The number of hydrogen-bond acceptors (Lipinski definition) is 3. The minimum absolute atomic E-state index is 0.933. The van der Waals surface area contributed by atoms with Crippen LogP contribution in [0.3, 0.4) is 0 Å². The molecule has 0 fully saturated rings. The summed E-state index contributed by atoms with van der Waals surface area (Å²) in [5.41, 5.74) is 2.75. The van der Waals surface area contributed by atoms with Gasteiger partial charge in [-0.2, -0.15) is 0 Å². The van der Waals surface area contributed by atoms with Crippen molar-refractivity contribution in [3.8, 4) is 0 Å². The fraction of sp³-hybridized carbons (Fsp3) is 0.417. The number of rotatable bonds is 3. The van der Waals surface area contributed by atoms with Gasteiger partial charge in [0, 0.05) is 11.4 Å². The molecule has 2 nitrogen and oxygen atoms in total. The fourth-order valence-electron chi connectivity index (χ4n) is 1.57. The quantitative estimate of drug-likeness (QED) is 0.791. The Kier molecular flexibility index (Phi) is 3.31. The Bertz CT molecular complexity index is 385. The van der Waals surface area contributed by atoms with Crippen molar-refractivity contribution in [2.24, 2.45) is 4.99 Å². The molecule has 0 atom stereocenters. The van der Waals surface area contributed by atoms with Gasteiger partial charge >= 0.3 is 0 Å². The van der Waals surface area contributed by atoms with Gasteiger partial charge in [-0.3, -0.25) is 4.99 Å². The van der Waals surface area contributed by atoms with Gasteiger partial charge in [-0.1, -0.05) is 12.1 Å². The molecule has 0 unspecified atom stereocenters.